The highest BCUT2D eigenvalue weighted by Crippen LogP contribution is 2.28. The van der Waals surface area contributed by atoms with Gasteiger partial charge in [0.25, 0.3) is 11.8 Å². The van der Waals surface area contributed by atoms with Gasteiger partial charge in [0.1, 0.15) is 6.26 Å². The molecule has 3 aromatic rings. The normalized spacial score (nSPS) is 13.2. The Bertz CT molecular complexity index is 990. The van der Waals surface area contributed by atoms with Gasteiger partial charge in [0.15, 0.2) is 0 Å². The van der Waals surface area contributed by atoms with Gasteiger partial charge in [-0.15, -0.1) is 0 Å². The van der Waals surface area contributed by atoms with E-state index in [2.05, 4.69) is 15.6 Å². The first-order chi connectivity index (χ1) is 13.6. The average molecular weight is 375 g/mol. The van der Waals surface area contributed by atoms with Crippen LogP contribution in [-0.2, 0) is 0 Å². The Balaban J connectivity index is 1.49. The first-order valence-corrected chi connectivity index (χ1v) is 9.29. The number of hydrogen-bond acceptors (Lipinski definition) is 4. The second-order valence-electron chi connectivity index (χ2n) is 7.08. The van der Waals surface area contributed by atoms with Gasteiger partial charge in [-0.3, -0.25) is 14.6 Å². The maximum absolute atomic E-state index is 12.2. The number of amides is 2. The smallest absolute Gasteiger partial charge is 0.258 e. The summed E-state index contributed by atoms with van der Waals surface area (Å²) in [6, 6.07) is 10.9. The summed E-state index contributed by atoms with van der Waals surface area (Å²) in [5, 5.41) is 5.80. The lowest BCUT2D eigenvalue weighted by molar-refractivity contribution is 0.0950. The van der Waals surface area contributed by atoms with E-state index in [4.69, 9.17) is 4.42 Å². The molecule has 0 radical (unpaired) electrons. The summed E-state index contributed by atoms with van der Waals surface area (Å²) >= 11 is 0. The Hall–Kier alpha value is -3.41. The number of nitrogens with zero attached hydrogens (tertiary/aromatic N) is 1. The fourth-order valence-corrected chi connectivity index (χ4v) is 2.92. The van der Waals surface area contributed by atoms with Crippen molar-refractivity contribution in [3.8, 4) is 11.3 Å². The van der Waals surface area contributed by atoms with Crippen LogP contribution in [0.5, 0.6) is 0 Å². The number of carbonyl (C=O) groups excluding carboxylic acids is 2. The van der Waals surface area contributed by atoms with E-state index >= 15 is 0 Å². The number of benzene rings is 1. The third kappa shape index (κ3) is 4.11. The summed E-state index contributed by atoms with van der Waals surface area (Å²) < 4.78 is 4.95. The molecule has 0 bridgehead atoms. The maximum Gasteiger partial charge on any atom is 0.258 e. The van der Waals surface area contributed by atoms with Crippen molar-refractivity contribution in [1.82, 2.24) is 10.3 Å². The molecule has 142 valence electrons. The molecule has 1 aliphatic rings. The van der Waals surface area contributed by atoms with E-state index < -0.39 is 0 Å². The quantitative estimate of drug-likeness (QED) is 0.681. The first kappa shape index (κ1) is 18.0. The molecule has 1 fully saturated rings. The van der Waals surface area contributed by atoms with Crippen molar-refractivity contribution in [2.45, 2.75) is 19.8 Å². The SMILES string of the molecule is Cc1ccc(NC(=O)c2ccoc2)cc1-c1ccc(C(=O)NCC2CC2)cn1. The topological polar surface area (TPSA) is 84.2 Å². The highest BCUT2D eigenvalue weighted by atomic mass is 16.3. The summed E-state index contributed by atoms with van der Waals surface area (Å²) in [6.45, 7) is 2.72. The van der Waals surface area contributed by atoms with E-state index in [0.29, 0.717) is 22.7 Å². The molecule has 0 spiro atoms. The van der Waals surface area contributed by atoms with Gasteiger partial charge >= 0.3 is 0 Å². The molecule has 6 nitrogen and oxygen atoms in total. The van der Waals surface area contributed by atoms with Crippen LogP contribution in [0.2, 0.25) is 0 Å². The second kappa shape index (κ2) is 7.68. The van der Waals surface area contributed by atoms with Crippen molar-refractivity contribution >= 4 is 17.5 Å². The van der Waals surface area contributed by atoms with Crippen molar-refractivity contribution in [3.63, 3.8) is 0 Å². The lowest BCUT2D eigenvalue weighted by Crippen LogP contribution is -2.25. The number of furan rings is 1. The molecule has 4 rings (SSSR count). The van der Waals surface area contributed by atoms with E-state index in [1.54, 1.807) is 18.3 Å². The Morgan fingerprint density at radius 2 is 1.96 bits per heavy atom. The largest absolute Gasteiger partial charge is 0.472 e. The fourth-order valence-electron chi connectivity index (χ4n) is 2.92. The highest BCUT2D eigenvalue weighted by molar-refractivity contribution is 6.04. The molecule has 0 aliphatic heterocycles. The molecule has 6 heteroatoms. The van der Waals surface area contributed by atoms with Crippen molar-refractivity contribution in [2.24, 2.45) is 5.92 Å². The second-order valence-corrected chi connectivity index (χ2v) is 7.08. The van der Waals surface area contributed by atoms with Crippen LogP contribution in [-0.4, -0.2) is 23.3 Å². The number of hydrogen-bond donors (Lipinski definition) is 2. The van der Waals surface area contributed by atoms with Crippen LogP contribution in [0.3, 0.4) is 0 Å². The van der Waals surface area contributed by atoms with Gasteiger partial charge in [-0.05, 0) is 61.6 Å². The molecule has 1 saturated carbocycles. The number of nitrogens with one attached hydrogen (secondary N) is 2. The summed E-state index contributed by atoms with van der Waals surface area (Å²) in [7, 11) is 0. The van der Waals surface area contributed by atoms with Gasteiger partial charge in [-0.25, -0.2) is 0 Å². The van der Waals surface area contributed by atoms with Crippen molar-refractivity contribution in [2.75, 3.05) is 11.9 Å². The molecule has 0 saturated heterocycles. The standard InChI is InChI=1S/C22H21N3O3/c1-14-2-6-18(25-22(27)17-8-9-28-13-17)10-19(14)20-7-5-16(12-23-20)21(26)24-11-15-3-4-15/h2,5-10,12-13,15H,3-4,11H2,1H3,(H,24,26)(H,25,27). The highest BCUT2D eigenvalue weighted by Gasteiger charge is 2.22. The molecule has 2 aromatic heterocycles. The van der Waals surface area contributed by atoms with E-state index in [1.165, 1.54) is 25.4 Å². The van der Waals surface area contributed by atoms with Crippen LogP contribution in [0.4, 0.5) is 5.69 Å². The number of rotatable bonds is 6. The maximum atomic E-state index is 12.2. The van der Waals surface area contributed by atoms with E-state index in [0.717, 1.165) is 23.4 Å². The number of aryl methyl sites for hydroxylation is 1. The summed E-state index contributed by atoms with van der Waals surface area (Å²) in [5.74, 6) is 0.307. The molecule has 28 heavy (non-hydrogen) atoms. The molecule has 0 unspecified atom stereocenters. The Kier molecular flexibility index (Phi) is 4.93. The molecular formula is C22H21N3O3. The minimum Gasteiger partial charge on any atom is -0.472 e. The van der Waals surface area contributed by atoms with Crippen molar-refractivity contribution in [1.29, 1.82) is 0 Å². The van der Waals surface area contributed by atoms with Crippen LogP contribution in [0.15, 0.2) is 59.5 Å². The lowest BCUT2D eigenvalue weighted by Gasteiger charge is -2.10. The van der Waals surface area contributed by atoms with Gasteiger partial charge < -0.3 is 15.1 Å². The average Bonchev–Trinajstić information content (AvgIpc) is 3.38. The van der Waals surface area contributed by atoms with Gasteiger partial charge in [0, 0.05) is 24.0 Å². The summed E-state index contributed by atoms with van der Waals surface area (Å²) in [6.07, 6.45) is 6.85. The lowest BCUT2D eigenvalue weighted by atomic mass is 10.0. The molecule has 1 aromatic carbocycles. The van der Waals surface area contributed by atoms with Crippen LogP contribution in [0, 0.1) is 12.8 Å². The van der Waals surface area contributed by atoms with Crippen LogP contribution in [0.1, 0.15) is 39.1 Å². The summed E-state index contributed by atoms with van der Waals surface area (Å²) in [4.78, 5) is 28.8. The number of pyridine rings is 1. The Labute approximate surface area is 163 Å². The number of anilines is 1. The number of aromatic nitrogens is 1. The minimum atomic E-state index is -0.237. The predicted octanol–water partition coefficient (Wildman–Crippen LogP) is 4.04. The van der Waals surface area contributed by atoms with E-state index in [1.807, 2.05) is 31.2 Å². The zero-order valence-electron chi connectivity index (χ0n) is 15.6. The van der Waals surface area contributed by atoms with Gasteiger partial charge in [-0.2, -0.15) is 0 Å². The molecule has 2 heterocycles. The molecule has 0 atom stereocenters. The van der Waals surface area contributed by atoms with Gasteiger partial charge in [0.2, 0.25) is 0 Å². The fraction of sp³-hybridized carbons (Fsp3) is 0.227. The predicted molar refractivity (Wildman–Crippen MR) is 106 cm³/mol. The molecule has 2 amide bonds. The van der Waals surface area contributed by atoms with Crippen molar-refractivity contribution < 1.29 is 14.0 Å². The summed E-state index contributed by atoms with van der Waals surface area (Å²) in [5.41, 5.74) is 4.35. The van der Waals surface area contributed by atoms with Crippen LogP contribution < -0.4 is 10.6 Å². The monoisotopic (exact) mass is 375 g/mol. The Morgan fingerprint density at radius 1 is 1.11 bits per heavy atom. The van der Waals surface area contributed by atoms with Gasteiger partial charge in [-0.1, -0.05) is 6.07 Å². The minimum absolute atomic E-state index is 0.0937. The number of carbonyl (C=O) groups is 2. The molecule has 2 N–H and O–H groups in total. The van der Waals surface area contributed by atoms with E-state index in [9.17, 15) is 9.59 Å². The zero-order valence-corrected chi connectivity index (χ0v) is 15.6. The zero-order chi connectivity index (χ0) is 19.5. The third-order valence-electron chi connectivity index (χ3n) is 4.83. The van der Waals surface area contributed by atoms with E-state index in [-0.39, 0.29) is 11.8 Å². The van der Waals surface area contributed by atoms with Crippen LogP contribution >= 0.6 is 0 Å². The molecular weight excluding hydrogens is 354 g/mol. The van der Waals surface area contributed by atoms with Crippen molar-refractivity contribution in [3.05, 3.63) is 71.8 Å². The first-order valence-electron chi connectivity index (χ1n) is 9.29. The Morgan fingerprint density at radius 3 is 2.64 bits per heavy atom. The molecule has 1 aliphatic carbocycles. The third-order valence-corrected chi connectivity index (χ3v) is 4.83. The van der Waals surface area contributed by atoms with Crippen LogP contribution in [0.25, 0.3) is 11.3 Å². The van der Waals surface area contributed by atoms with Gasteiger partial charge in [0.05, 0.1) is 23.1 Å².